The second kappa shape index (κ2) is 4.77. The van der Waals surface area contributed by atoms with Gasteiger partial charge in [-0.1, -0.05) is 29.8 Å². The molecule has 0 bridgehead atoms. The third kappa shape index (κ3) is 2.14. The van der Waals surface area contributed by atoms with Gasteiger partial charge in [-0.3, -0.25) is 5.10 Å². The number of aryl methyl sites for hydroxylation is 2. The van der Waals surface area contributed by atoms with Crippen LogP contribution < -0.4 is 5.73 Å². The lowest BCUT2D eigenvalue weighted by molar-refractivity contribution is 1.05. The first-order valence-electron chi connectivity index (χ1n) is 6.36. The van der Waals surface area contributed by atoms with Gasteiger partial charge in [0.2, 0.25) is 5.95 Å². The zero-order chi connectivity index (χ0) is 14.1. The van der Waals surface area contributed by atoms with E-state index in [0.29, 0.717) is 0 Å². The van der Waals surface area contributed by atoms with Crippen LogP contribution in [0, 0.1) is 13.8 Å². The number of rotatable bonds is 2. The normalized spacial score (nSPS) is 10.7. The summed E-state index contributed by atoms with van der Waals surface area (Å²) in [6, 6.07) is 10.1. The largest absolute Gasteiger partial charge is 0.368 e. The van der Waals surface area contributed by atoms with Crippen LogP contribution in [0.2, 0.25) is 0 Å². The van der Waals surface area contributed by atoms with Crippen molar-refractivity contribution in [3.8, 4) is 22.5 Å². The molecule has 0 aliphatic rings. The maximum atomic E-state index is 5.67. The topological polar surface area (TPSA) is 80.5 Å². The average molecular weight is 265 g/mol. The first-order valence-corrected chi connectivity index (χ1v) is 6.36. The fourth-order valence-electron chi connectivity index (χ4n) is 2.18. The van der Waals surface area contributed by atoms with Gasteiger partial charge in [0.05, 0.1) is 5.69 Å². The van der Waals surface area contributed by atoms with E-state index >= 15 is 0 Å². The molecule has 0 atom stereocenters. The van der Waals surface area contributed by atoms with Crippen molar-refractivity contribution in [3.05, 3.63) is 47.8 Å². The van der Waals surface area contributed by atoms with Crippen molar-refractivity contribution < 1.29 is 0 Å². The SMILES string of the molecule is Cc1ccc(-c2n[nH]c(C)c2-c2ccnc(N)n2)cc1. The Balaban J connectivity index is 2.17. The lowest BCUT2D eigenvalue weighted by Gasteiger charge is -2.04. The van der Waals surface area contributed by atoms with E-state index in [4.69, 9.17) is 5.73 Å². The minimum Gasteiger partial charge on any atom is -0.368 e. The first kappa shape index (κ1) is 12.3. The number of aromatic amines is 1. The van der Waals surface area contributed by atoms with E-state index in [1.54, 1.807) is 6.20 Å². The Bertz CT molecular complexity index is 743. The molecule has 2 heterocycles. The molecule has 0 unspecified atom stereocenters. The molecule has 0 radical (unpaired) electrons. The number of nitrogens with zero attached hydrogens (tertiary/aromatic N) is 3. The second-order valence-corrected chi connectivity index (χ2v) is 4.74. The lowest BCUT2D eigenvalue weighted by atomic mass is 10.0. The molecule has 3 N–H and O–H groups in total. The van der Waals surface area contributed by atoms with E-state index in [2.05, 4.69) is 51.4 Å². The van der Waals surface area contributed by atoms with Gasteiger partial charge >= 0.3 is 0 Å². The Morgan fingerprint density at radius 3 is 2.50 bits per heavy atom. The molecule has 5 heteroatoms. The monoisotopic (exact) mass is 265 g/mol. The molecule has 3 aromatic rings. The van der Waals surface area contributed by atoms with E-state index in [0.717, 1.165) is 28.2 Å². The maximum absolute atomic E-state index is 5.67. The highest BCUT2D eigenvalue weighted by atomic mass is 15.1. The van der Waals surface area contributed by atoms with Crippen molar-refractivity contribution in [1.82, 2.24) is 20.2 Å². The van der Waals surface area contributed by atoms with Crippen LogP contribution >= 0.6 is 0 Å². The number of H-pyrrole nitrogens is 1. The van der Waals surface area contributed by atoms with E-state index in [1.807, 2.05) is 13.0 Å². The molecular weight excluding hydrogens is 250 g/mol. The van der Waals surface area contributed by atoms with Gasteiger partial charge in [0, 0.05) is 23.0 Å². The van der Waals surface area contributed by atoms with Crippen molar-refractivity contribution in [2.75, 3.05) is 5.73 Å². The van der Waals surface area contributed by atoms with Crippen molar-refractivity contribution in [2.45, 2.75) is 13.8 Å². The van der Waals surface area contributed by atoms with Gasteiger partial charge in [0.25, 0.3) is 0 Å². The average Bonchev–Trinajstić information content (AvgIpc) is 2.81. The number of anilines is 1. The minimum atomic E-state index is 0.262. The van der Waals surface area contributed by atoms with Crippen LogP contribution in [0.25, 0.3) is 22.5 Å². The molecule has 3 rings (SSSR count). The number of hydrogen-bond donors (Lipinski definition) is 2. The van der Waals surface area contributed by atoms with E-state index in [9.17, 15) is 0 Å². The van der Waals surface area contributed by atoms with Crippen LogP contribution in [0.5, 0.6) is 0 Å². The number of aromatic nitrogens is 4. The maximum Gasteiger partial charge on any atom is 0.220 e. The predicted octanol–water partition coefficient (Wildman–Crippen LogP) is 2.73. The Morgan fingerprint density at radius 2 is 1.80 bits per heavy atom. The molecule has 0 amide bonds. The van der Waals surface area contributed by atoms with Gasteiger partial charge in [-0.2, -0.15) is 5.10 Å². The molecule has 1 aromatic carbocycles. The van der Waals surface area contributed by atoms with Gasteiger partial charge in [-0.25, -0.2) is 9.97 Å². The zero-order valence-corrected chi connectivity index (χ0v) is 11.4. The summed E-state index contributed by atoms with van der Waals surface area (Å²) in [6.45, 7) is 4.03. The van der Waals surface area contributed by atoms with Gasteiger partial charge in [0.15, 0.2) is 0 Å². The minimum absolute atomic E-state index is 0.262. The standard InChI is InChI=1S/C15H15N5/c1-9-3-5-11(6-4-9)14-13(10(2)19-20-14)12-7-8-17-15(16)18-12/h3-8H,1-2H3,(H,19,20)(H2,16,17,18). The molecule has 5 nitrogen and oxygen atoms in total. The van der Waals surface area contributed by atoms with Crippen molar-refractivity contribution in [2.24, 2.45) is 0 Å². The van der Waals surface area contributed by atoms with Crippen molar-refractivity contribution in [1.29, 1.82) is 0 Å². The van der Waals surface area contributed by atoms with Gasteiger partial charge < -0.3 is 5.73 Å². The molecule has 100 valence electrons. The van der Waals surface area contributed by atoms with E-state index in [-0.39, 0.29) is 5.95 Å². The fourth-order valence-corrected chi connectivity index (χ4v) is 2.18. The molecule has 0 aliphatic carbocycles. The molecular formula is C15H15N5. The van der Waals surface area contributed by atoms with E-state index < -0.39 is 0 Å². The van der Waals surface area contributed by atoms with Gasteiger partial charge in [-0.15, -0.1) is 0 Å². The number of nitrogen functional groups attached to an aromatic ring is 1. The molecule has 0 saturated heterocycles. The molecule has 0 fully saturated rings. The fraction of sp³-hybridized carbons (Fsp3) is 0.133. The predicted molar refractivity (Wildman–Crippen MR) is 78.9 cm³/mol. The molecule has 20 heavy (non-hydrogen) atoms. The number of benzene rings is 1. The van der Waals surface area contributed by atoms with E-state index in [1.165, 1.54) is 5.56 Å². The summed E-state index contributed by atoms with van der Waals surface area (Å²) in [6.07, 6.45) is 1.66. The van der Waals surface area contributed by atoms with Crippen molar-refractivity contribution in [3.63, 3.8) is 0 Å². The Kier molecular flexibility index (Phi) is 2.95. The van der Waals surface area contributed by atoms with Crippen LogP contribution in [0.1, 0.15) is 11.3 Å². The van der Waals surface area contributed by atoms with Crippen LogP contribution in [0.3, 0.4) is 0 Å². The smallest absolute Gasteiger partial charge is 0.220 e. The lowest BCUT2D eigenvalue weighted by Crippen LogP contribution is -1.96. The highest BCUT2D eigenvalue weighted by Crippen LogP contribution is 2.31. The molecule has 0 saturated carbocycles. The summed E-state index contributed by atoms with van der Waals surface area (Å²) in [7, 11) is 0. The van der Waals surface area contributed by atoms with Crippen molar-refractivity contribution >= 4 is 5.95 Å². The van der Waals surface area contributed by atoms with Gasteiger partial charge in [0.1, 0.15) is 5.69 Å². The Hall–Kier alpha value is -2.69. The quantitative estimate of drug-likeness (QED) is 0.746. The first-order chi connectivity index (χ1) is 9.65. The second-order valence-electron chi connectivity index (χ2n) is 4.74. The van der Waals surface area contributed by atoms with Crippen LogP contribution in [-0.2, 0) is 0 Å². The highest BCUT2D eigenvalue weighted by molar-refractivity contribution is 5.80. The van der Waals surface area contributed by atoms with Gasteiger partial charge in [-0.05, 0) is 19.9 Å². The third-order valence-corrected chi connectivity index (χ3v) is 3.20. The summed E-state index contributed by atoms with van der Waals surface area (Å²) in [5.41, 5.74) is 11.5. The third-order valence-electron chi connectivity index (χ3n) is 3.20. The summed E-state index contributed by atoms with van der Waals surface area (Å²) in [5.74, 6) is 0.262. The Labute approximate surface area is 116 Å². The Morgan fingerprint density at radius 1 is 1.05 bits per heavy atom. The number of hydrogen-bond acceptors (Lipinski definition) is 4. The summed E-state index contributed by atoms with van der Waals surface area (Å²) in [5, 5.41) is 7.41. The molecule has 0 spiro atoms. The van der Waals surface area contributed by atoms with Crippen LogP contribution in [0.15, 0.2) is 36.5 Å². The highest BCUT2D eigenvalue weighted by Gasteiger charge is 2.15. The number of nitrogens with one attached hydrogen (secondary N) is 1. The summed E-state index contributed by atoms with van der Waals surface area (Å²) in [4.78, 5) is 8.22. The van der Waals surface area contributed by atoms with Crippen LogP contribution in [0.4, 0.5) is 5.95 Å². The van der Waals surface area contributed by atoms with Crippen LogP contribution in [-0.4, -0.2) is 20.2 Å². The number of nitrogens with two attached hydrogens (primary N) is 1. The summed E-state index contributed by atoms with van der Waals surface area (Å²) < 4.78 is 0. The molecule has 0 aliphatic heterocycles. The molecule has 2 aromatic heterocycles. The summed E-state index contributed by atoms with van der Waals surface area (Å²) >= 11 is 0. The zero-order valence-electron chi connectivity index (χ0n) is 11.4.